The SMILES string of the molecule is CC(CCN)CNC(=O)C12CC3CC(CC(C)(C3)C1)C2. The Labute approximate surface area is 123 Å². The quantitative estimate of drug-likeness (QED) is 0.812. The Morgan fingerprint density at radius 1 is 1.30 bits per heavy atom. The molecule has 20 heavy (non-hydrogen) atoms. The van der Waals surface area contributed by atoms with Crippen molar-refractivity contribution in [2.24, 2.45) is 34.3 Å². The molecular weight excluding hydrogens is 248 g/mol. The van der Waals surface area contributed by atoms with Gasteiger partial charge in [-0.2, -0.15) is 0 Å². The van der Waals surface area contributed by atoms with E-state index in [2.05, 4.69) is 19.2 Å². The van der Waals surface area contributed by atoms with Gasteiger partial charge in [0.05, 0.1) is 5.41 Å². The third-order valence-electron chi connectivity index (χ3n) is 6.11. The van der Waals surface area contributed by atoms with Gasteiger partial charge in [0.2, 0.25) is 5.91 Å². The first-order valence-electron chi connectivity index (χ1n) is 8.43. The molecular formula is C17H30N2O. The van der Waals surface area contributed by atoms with Crippen molar-refractivity contribution < 1.29 is 4.79 Å². The van der Waals surface area contributed by atoms with E-state index in [0.717, 1.165) is 44.1 Å². The molecule has 0 aromatic carbocycles. The molecule has 0 saturated heterocycles. The molecule has 4 aliphatic rings. The molecule has 0 aromatic heterocycles. The first-order valence-corrected chi connectivity index (χ1v) is 8.43. The Morgan fingerprint density at radius 2 is 1.95 bits per heavy atom. The Morgan fingerprint density at radius 3 is 2.50 bits per heavy atom. The van der Waals surface area contributed by atoms with Crippen LogP contribution in [0, 0.1) is 28.6 Å². The normalized spacial score (nSPS) is 43.5. The molecule has 4 rings (SSSR count). The summed E-state index contributed by atoms with van der Waals surface area (Å²) in [5, 5.41) is 3.25. The van der Waals surface area contributed by atoms with Crippen LogP contribution in [0.1, 0.15) is 58.8 Å². The van der Waals surface area contributed by atoms with E-state index >= 15 is 0 Å². The van der Waals surface area contributed by atoms with Gasteiger partial charge in [-0.05, 0) is 74.7 Å². The van der Waals surface area contributed by atoms with E-state index in [9.17, 15) is 4.79 Å². The molecule has 3 nitrogen and oxygen atoms in total. The molecule has 0 aromatic rings. The van der Waals surface area contributed by atoms with Crippen LogP contribution >= 0.6 is 0 Å². The fourth-order valence-electron chi connectivity index (χ4n) is 5.83. The van der Waals surface area contributed by atoms with Crippen LogP contribution in [0.3, 0.4) is 0 Å². The van der Waals surface area contributed by atoms with Gasteiger partial charge in [-0.1, -0.05) is 13.8 Å². The minimum atomic E-state index is -0.0265. The monoisotopic (exact) mass is 278 g/mol. The summed E-state index contributed by atoms with van der Waals surface area (Å²) in [4.78, 5) is 12.8. The van der Waals surface area contributed by atoms with Crippen molar-refractivity contribution in [1.29, 1.82) is 0 Å². The molecule has 1 amide bonds. The van der Waals surface area contributed by atoms with Gasteiger partial charge in [0, 0.05) is 6.54 Å². The fourth-order valence-corrected chi connectivity index (χ4v) is 5.83. The van der Waals surface area contributed by atoms with Crippen molar-refractivity contribution in [3.05, 3.63) is 0 Å². The van der Waals surface area contributed by atoms with Crippen LogP contribution in [0.25, 0.3) is 0 Å². The summed E-state index contributed by atoms with van der Waals surface area (Å²) in [5.74, 6) is 2.47. The van der Waals surface area contributed by atoms with Gasteiger partial charge < -0.3 is 11.1 Å². The number of hydrogen-bond donors (Lipinski definition) is 2. The predicted molar refractivity (Wildman–Crippen MR) is 81.1 cm³/mol. The number of carbonyl (C=O) groups is 1. The van der Waals surface area contributed by atoms with E-state index in [-0.39, 0.29) is 5.41 Å². The molecule has 4 fully saturated rings. The zero-order valence-corrected chi connectivity index (χ0v) is 13.1. The molecule has 0 radical (unpaired) electrons. The lowest BCUT2D eigenvalue weighted by atomic mass is 9.44. The lowest BCUT2D eigenvalue weighted by Crippen LogP contribution is -2.57. The van der Waals surface area contributed by atoms with Crippen molar-refractivity contribution in [3.63, 3.8) is 0 Å². The van der Waals surface area contributed by atoms with E-state index in [4.69, 9.17) is 5.73 Å². The number of amides is 1. The van der Waals surface area contributed by atoms with E-state index in [1.54, 1.807) is 0 Å². The van der Waals surface area contributed by atoms with Crippen LogP contribution in [-0.2, 0) is 4.79 Å². The molecule has 3 N–H and O–H groups in total. The van der Waals surface area contributed by atoms with Crippen molar-refractivity contribution >= 4 is 5.91 Å². The maximum absolute atomic E-state index is 12.8. The molecule has 3 unspecified atom stereocenters. The first-order chi connectivity index (χ1) is 9.45. The first kappa shape index (κ1) is 14.4. The van der Waals surface area contributed by atoms with Crippen LogP contribution in [-0.4, -0.2) is 19.0 Å². The summed E-state index contributed by atoms with van der Waals surface area (Å²) >= 11 is 0. The van der Waals surface area contributed by atoms with Crippen LogP contribution in [0.5, 0.6) is 0 Å². The maximum atomic E-state index is 12.8. The molecule has 0 spiro atoms. The molecule has 114 valence electrons. The molecule has 3 atom stereocenters. The summed E-state index contributed by atoms with van der Waals surface area (Å²) in [7, 11) is 0. The van der Waals surface area contributed by atoms with E-state index in [0.29, 0.717) is 23.8 Å². The second-order valence-corrected chi connectivity index (χ2v) is 8.44. The zero-order chi connectivity index (χ0) is 14.4. The zero-order valence-electron chi connectivity index (χ0n) is 13.1. The highest BCUT2D eigenvalue weighted by molar-refractivity contribution is 5.83. The number of nitrogens with one attached hydrogen (secondary N) is 1. The largest absolute Gasteiger partial charge is 0.355 e. The average molecular weight is 278 g/mol. The maximum Gasteiger partial charge on any atom is 0.226 e. The van der Waals surface area contributed by atoms with Gasteiger partial charge in [0.25, 0.3) is 0 Å². The van der Waals surface area contributed by atoms with E-state index < -0.39 is 0 Å². The van der Waals surface area contributed by atoms with Crippen molar-refractivity contribution in [1.82, 2.24) is 5.32 Å². The van der Waals surface area contributed by atoms with Gasteiger partial charge >= 0.3 is 0 Å². The molecule has 0 heterocycles. The number of carbonyl (C=O) groups excluding carboxylic acids is 1. The topological polar surface area (TPSA) is 55.1 Å². The Bertz CT molecular complexity index is 378. The van der Waals surface area contributed by atoms with E-state index in [1.165, 1.54) is 19.3 Å². The highest BCUT2D eigenvalue weighted by Crippen LogP contribution is 2.65. The standard InChI is InChI=1S/C17H30N2O/c1-12(3-4-18)10-19-15(20)17-8-13-5-14(9-17)7-16(2,6-13)11-17/h12-14H,3-11,18H2,1-2H3,(H,19,20). The summed E-state index contributed by atoms with van der Waals surface area (Å²) < 4.78 is 0. The molecule has 4 saturated carbocycles. The van der Waals surface area contributed by atoms with E-state index in [1.807, 2.05) is 0 Å². The van der Waals surface area contributed by atoms with Crippen LogP contribution < -0.4 is 11.1 Å². The van der Waals surface area contributed by atoms with Gasteiger partial charge in [-0.25, -0.2) is 0 Å². The summed E-state index contributed by atoms with van der Waals surface area (Å²) in [5.41, 5.74) is 6.01. The molecule has 0 aliphatic heterocycles. The summed E-state index contributed by atoms with van der Waals surface area (Å²) in [6, 6.07) is 0. The highest BCUT2D eigenvalue weighted by Gasteiger charge is 2.58. The van der Waals surface area contributed by atoms with Crippen molar-refractivity contribution in [2.45, 2.75) is 58.8 Å². The third-order valence-corrected chi connectivity index (χ3v) is 6.11. The minimum absolute atomic E-state index is 0.0265. The van der Waals surface area contributed by atoms with Crippen molar-refractivity contribution in [3.8, 4) is 0 Å². The molecule has 3 heteroatoms. The highest BCUT2D eigenvalue weighted by atomic mass is 16.2. The van der Waals surface area contributed by atoms with Crippen LogP contribution in [0.4, 0.5) is 0 Å². The Balaban J connectivity index is 1.65. The lowest BCUT2D eigenvalue weighted by molar-refractivity contribution is -0.155. The van der Waals surface area contributed by atoms with Crippen LogP contribution in [0.2, 0.25) is 0 Å². The van der Waals surface area contributed by atoms with Gasteiger partial charge in [0.15, 0.2) is 0 Å². The Kier molecular flexibility index (Phi) is 3.60. The molecule has 4 bridgehead atoms. The van der Waals surface area contributed by atoms with Crippen LogP contribution in [0.15, 0.2) is 0 Å². The second kappa shape index (κ2) is 5.01. The third kappa shape index (κ3) is 2.49. The number of hydrogen-bond acceptors (Lipinski definition) is 2. The number of rotatable bonds is 5. The van der Waals surface area contributed by atoms with Gasteiger partial charge in [0.1, 0.15) is 0 Å². The van der Waals surface area contributed by atoms with Gasteiger partial charge in [-0.15, -0.1) is 0 Å². The molecule has 4 aliphatic carbocycles. The summed E-state index contributed by atoms with van der Waals surface area (Å²) in [6.07, 6.45) is 8.53. The number of nitrogens with two attached hydrogens (primary N) is 1. The summed E-state index contributed by atoms with van der Waals surface area (Å²) in [6.45, 7) is 6.10. The Hall–Kier alpha value is -0.570. The van der Waals surface area contributed by atoms with Gasteiger partial charge in [-0.3, -0.25) is 4.79 Å². The lowest BCUT2D eigenvalue weighted by Gasteiger charge is -2.60. The van der Waals surface area contributed by atoms with Crippen molar-refractivity contribution in [2.75, 3.05) is 13.1 Å². The minimum Gasteiger partial charge on any atom is -0.355 e. The average Bonchev–Trinajstić information content (AvgIpc) is 2.33. The predicted octanol–water partition coefficient (Wildman–Crippen LogP) is 2.69. The fraction of sp³-hybridized carbons (Fsp3) is 0.941. The smallest absolute Gasteiger partial charge is 0.226 e. The second-order valence-electron chi connectivity index (χ2n) is 8.44.